The van der Waals surface area contributed by atoms with Crippen LogP contribution in [-0.2, 0) is 13.1 Å². The van der Waals surface area contributed by atoms with Crippen molar-refractivity contribution in [2.24, 2.45) is 0 Å². The number of aromatic nitrogens is 4. The second-order valence-corrected chi connectivity index (χ2v) is 11.2. The molecule has 9 nitrogen and oxygen atoms in total. The monoisotopic (exact) mass is 637 g/mol. The number of methoxy groups -OCH3 is 1. The maximum atomic E-state index is 13.6. The number of ether oxygens (including phenoxy) is 1. The van der Waals surface area contributed by atoms with Gasteiger partial charge in [0.2, 0.25) is 0 Å². The summed E-state index contributed by atoms with van der Waals surface area (Å²) < 4.78 is 9.11. The van der Waals surface area contributed by atoms with E-state index in [0.29, 0.717) is 49.3 Å². The van der Waals surface area contributed by atoms with Gasteiger partial charge in [0, 0.05) is 51.2 Å². The van der Waals surface area contributed by atoms with Crippen LogP contribution in [0.2, 0.25) is 4.34 Å². The zero-order chi connectivity index (χ0) is 28.2. The van der Waals surface area contributed by atoms with Crippen LogP contribution in [0.1, 0.15) is 25.6 Å². The van der Waals surface area contributed by atoms with Crippen LogP contribution in [0.5, 0.6) is 5.75 Å². The number of hydrogen-bond acceptors (Lipinski definition) is 8. The van der Waals surface area contributed by atoms with Gasteiger partial charge in [-0.1, -0.05) is 23.7 Å². The molecule has 5 aromatic rings. The summed E-state index contributed by atoms with van der Waals surface area (Å²) in [6, 6.07) is 16.9. The maximum absolute atomic E-state index is 13.6. The Bertz CT molecular complexity index is 1770. The van der Waals surface area contributed by atoms with Gasteiger partial charge in [-0.05, 0) is 52.3 Å². The molecule has 12 heteroatoms. The fraction of sp³-hybridized carbons (Fsp3) is 0.107. The summed E-state index contributed by atoms with van der Waals surface area (Å²) in [5, 5.41) is 7.82. The van der Waals surface area contributed by atoms with Crippen LogP contribution in [0.3, 0.4) is 0 Å². The standard InChI is InChI=1S/C28H21BrClN5O4S/c1-39-24-7-3-2-6-19(24)28(38)35-26(32-14-18-8-9-25(30)40-18)12-22(33-35)20-11-27(37)34(15-21(20)29)16-23(36)17-5-4-10-31-13-17/h2-13,15,32H,14,16H2,1H3. The quantitative estimate of drug-likeness (QED) is 0.204. The Morgan fingerprint density at radius 3 is 2.67 bits per heavy atom. The lowest BCUT2D eigenvalue weighted by Crippen LogP contribution is -2.23. The molecule has 0 bridgehead atoms. The normalized spacial score (nSPS) is 10.9. The average Bonchev–Trinajstić information content (AvgIpc) is 3.59. The van der Waals surface area contributed by atoms with E-state index in [1.54, 1.807) is 54.7 Å². The van der Waals surface area contributed by atoms with Crippen LogP contribution in [0.25, 0.3) is 11.3 Å². The Hall–Kier alpha value is -4.06. The first kappa shape index (κ1) is 27.5. The number of halogens is 2. The van der Waals surface area contributed by atoms with E-state index in [4.69, 9.17) is 16.3 Å². The Balaban J connectivity index is 1.50. The zero-order valence-electron chi connectivity index (χ0n) is 21.0. The third-order valence-corrected chi connectivity index (χ3v) is 7.83. The summed E-state index contributed by atoms with van der Waals surface area (Å²) in [5.74, 6) is 0.157. The fourth-order valence-corrected chi connectivity index (χ4v) is 5.58. The summed E-state index contributed by atoms with van der Waals surface area (Å²) in [7, 11) is 1.49. The highest BCUT2D eigenvalue weighted by Gasteiger charge is 2.22. The topological polar surface area (TPSA) is 108 Å². The molecule has 0 aliphatic carbocycles. The van der Waals surface area contributed by atoms with Crippen LogP contribution in [0.4, 0.5) is 5.82 Å². The molecular formula is C28H21BrClN5O4S. The minimum atomic E-state index is -0.415. The SMILES string of the molecule is COc1ccccc1C(=O)n1nc(-c2cc(=O)n(CC(=O)c3cccnc3)cc2Br)cc1NCc1ccc(Cl)s1. The maximum Gasteiger partial charge on any atom is 0.283 e. The van der Waals surface area contributed by atoms with E-state index in [2.05, 4.69) is 31.3 Å². The highest BCUT2D eigenvalue weighted by atomic mass is 79.9. The van der Waals surface area contributed by atoms with E-state index < -0.39 is 11.5 Å². The Morgan fingerprint density at radius 2 is 1.95 bits per heavy atom. The predicted molar refractivity (Wildman–Crippen MR) is 158 cm³/mol. The fourth-order valence-electron chi connectivity index (χ4n) is 3.99. The molecule has 0 aliphatic heterocycles. The van der Waals surface area contributed by atoms with Gasteiger partial charge < -0.3 is 14.6 Å². The molecule has 0 saturated carbocycles. The number of thiophene rings is 1. The first-order chi connectivity index (χ1) is 19.3. The number of carbonyl (C=O) groups excluding carboxylic acids is 2. The van der Waals surface area contributed by atoms with Crippen molar-refractivity contribution in [3.63, 3.8) is 0 Å². The van der Waals surface area contributed by atoms with Crippen LogP contribution in [-0.4, -0.2) is 38.1 Å². The molecule has 0 spiro atoms. The van der Waals surface area contributed by atoms with Crippen LogP contribution >= 0.6 is 38.9 Å². The number of nitrogens with zero attached hydrogens (tertiary/aromatic N) is 4. The number of anilines is 1. The first-order valence-electron chi connectivity index (χ1n) is 11.9. The summed E-state index contributed by atoms with van der Waals surface area (Å²) >= 11 is 11.0. The van der Waals surface area contributed by atoms with E-state index in [9.17, 15) is 14.4 Å². The molecule has 0 amide bonds. The molecule has 0 radical (unpaired) electrons. The average molecular weight is 639 g/mol. The summed E-state index contributed by atoms with van der Waals surface area (Å²) in [4.78, 5) is 44.2. The number of carbonyl (C=O) groups is 2. The van der Waals surface area contributed by atoms with E-state index in [1.807, 2.05) is 6.07 Å². The van der Waals surface area contributed by atoms with Crippen molar-refractivity contribution < 1.29 is 14.3 Å². The first-order valence-corrected chi connectivity index (χ1v) is 13.9. The van der Waals surface area contributed by atoms with Crippen molar-refractivity contribution in [1.29, 1.82) is 0 Å². The molecule has 0 saturated heterocycles. The van der Waals surface area contributed by atoms with Gasteiger partial charge in [0.1, 0.15) is 11.6 Å². The molecule has 5 rings (SSSR count). The molecule has 4 aromatic heterocycles. The summed E-state index contributed by atoms with van der Waals surface area (Å²) in [5.41, 5.74) is 1.17. The molecule has 0 fully saturated rings. The molecule has 1 N–H and O–H groups in total. The molecule has 4 heterocycles. The molecule has 202 valence electrons. The largest absolute Gasteiger partial charge is 0.496 e. The van der Waals surface area contributed by atoms with Crippen molar-refractivity contribution in [3.8, 4) is 17.0 Å². The van der Waals surface area contributed by atoms with Gasteiger partial charge in [0.05, 0.1) is 35.8 Å². The van der Waals surface area contributed by atoms with Crippen LogP contribution in [0, 0.1) is 0 Å². The van der Waals surface area contributed by atoms with E-state index in [0.717, 1.165) is 4.88 Å². The Kier molecular flexibility index (Phi) is 8.24. The Labute approximate surface area is 246 Å². The highest BCUT2D eigenvalue weighted by Crippen LogP contribution is 2.30. The van der Waals surface area contributed by atoms with Gasteiger partial charge in [0.25, 0.3) is 11.5 Å². The molecule has 0 atom stereocenters. The molecule has 0 aliphatic rings. The second kappa shape index (κ2) is 12.0. The predicted octanol–water partition coefficient (Wildman–Crippen LogP) is 5.78. The number of pyridine rings is 2. The molecule has 1 aromatic carbocycles. The van der Waals surface area contributed by atoms with Gasteiger partial charge in [-0.2, -0.15) is 9.78 Å². The van der Waals surface area contributed by atoms with Gasteiger partial charge in [-0.15, -0.1) is 11.3 Å². The lowest BCUT2D eigenvalue weighted by Gasteiger charge is -2.10. The van der Waals surface area contributed by atoms with E-state index in [1.165, 1.54) is 46.2 Å². The van der Waals surface area contributed by atoms with Gasteiger partial charge in [-0.3, -0.25) is 19.4 Å². The minimum Gasteiger partial charge on any atom is -0.496 e. The number of hydrogen-bond donors (Lipinski definition) is 1. The number of benzene rings is 1. The van der Waals surface area contributed by atoms with Gasteiger partial charge >= 0.3 is 0 Å². The zero-order valence-corrected chi connectivity index (χ0v) is 24.2. The lowest BCUT2D eigenvalue weighted by atomic mass is 10.1. The Morgan fingerprint density at radius 1 is 1.12 bits per heavy atom. The smallest absolute Gasteiger partial charge is 0.283 e. The number of nitrogens with one attached hydrogen (secondary N) is 1. The minimum absolute atomic E-state index is 0.152. The number of para-hydroxylation sites is 1. The molecule has 0 unspecified atom stereocenters. The van der Waals surface area contributed by atoms with Crippen molar-refractivity contribution >= 4 is 56.4 Å². The van der Waals surface area contributed by atoms with Crippen molar-refractivity contribution in [2.75, 3.05) is 12.4 Å². The summed E-state index contributed by atoms with van der Waals surface area (Å²) in [6.07, 6.45) is 4.57. The van der Waals surface area contributed by atoms with Crippen molar-refractivity contribution in [3.05, 3.63) is 114 Å². The number of Topliss-reactive ketones (excluding diaryl/α,β-unsaturated/α-hetero) is 1. The number of ketones is 1. The van der Waals surface area contributed by atoms with Gasteiger partial charge in [0.15, 0.2) is 5.78 Å². The van der Waals surface area contributed by atoms with Gasteiger partial charge in [-0.25, -0.2) is 0 Å². The van der Waals surface area contributed by atoms with Crippen molar-refractivity contribution in [2.45, 2.75) is 13.1 Å². The number of rotatable bonds is 9. The lowest BCUT2D eigenvalue weighted by molar-refractivity contribution is 0.0942. The van der Waals surface area contributed by atoms with Crippen molar-refractivity contribution in [1.82, 2.24) is 19.3 Å². The molecule has 40 heavy (non-hydrogen) atoms. The van der Waals surface area contributed by atoms with E-state index >= 15 is 0 Å². The highest BCUT2D eigenvalue weighted by molar-refractivity contribution is 9.10. The van der Waals surface area contributed by atoms with Crippen LogP contribution < -0.4 is 15.6 Å². The second-order valence-electron chi connectivity index (χ2n) is 8.56. The molecular weight excluding hydrogens is 618 g/mol. The third-order valence-electron chi connectivity index (χ3n) is 5.96. The third kappa shape index (κ3) is 5.91. The van der Waals surface area contributed by atoms with E-state index in [-0.39, 0.29) is 12.3 Å². The van der Waals surface area contributed by atoms with Crippen LogP contribution in [0.15, 0.2) is 88.5 Å². The summed E-state index contributed by atoms with van der Waals surface area (Å²) in [6.45, 7) is 0.251.